The highest BCUT2D eigenvalue weighted by Crippen LogP contribution is 2.21. The first-order chi connectivity index (χ1) is 8.77. The predicted octanol–water partition coefficient (Wildman–Crippen LogP) is 1.16. The van der Waals surface area contributed by atoms with Crippen LogP contribution in [0.15, 0.2) is 17.0 Å². The Balaban J connectivity index is 2.95. The number of aliphatic hydroxyl groups is 1. The monoisotopic (exact) mass is 290 g/mol. The first-order valence-electron chi connectivity index (χ1n) is 6.01. The molecule has 7 heteroatoms. The molecule has 0 saturated carbocycles. The summed E-state index contributed by atoms with van der Waals surface area (Å²) in [5.41, 5.74) is 5.86. The number of anilines is 1. The summed E-state index contributed by atoms with van der Waals surface area (Å²) in [4.78, 5) is -0.492. The van der Waals surface area contributed by atoms with Crippen LogP contribution in [0.25, 0.3) is 0 Å². The summed E-state index contributed by atoms with van der Waals surface area (Å²) >= 11 is 0. The van der Waals surface area contributed by atoms with Crippen molar-refractivity contribution in [1.29, 1.82) is 0 Å². The lowest BCUT2D eigenvalue weighted by molar-refractivity contribution is 0.167. The number of sulfonamides is 1. The van der Waals surface area contributed by atoms with E-state index in [1.807, 2.05) is 6.92 Å². The van der Waals surface area contributed by atoms with E-state index in [1.165, 1.54) is 13.0 Å². The third-order valence-corrected chi connectivity index (χ3v) is 4.09. The van der Waals surface area contributed by atoms with Gasteiger partial charge in [-0.05, 0) is 31.0 Å². The van der Waals surface area contributed by atoms with Gasteiger partial charge in [0.15, 0.2) is 0 Å². The van der Waals surface area contributed by atoms with Crippen molar-refractivity contribution in [3.8, 4) is 0 Å². The molecule has 0 spiro atoms. The molecule has 1 rings (SSSR count). The maximum Gasteiger partial charge on any atom is 0.243 e. The van der Waals surface area contributed by atoms with E-state index in [2.05, 4.69) is 4.72 Å². The molecule has 0 bridgehead atoms. The molecular weight excluding hydrogens is 271 g/mol. The van der Waals surface area contributed by atoms with Gasteiger partial charge < -0.3 is 10.8 Å². The third-order valence-electron chi connectivity index (χ3n) is 2.66. The molecule has 4 N–H and O–H groups in total. The molecule has 0 saturated heterocycles. The number of hydrogen-bond acceptors (Lipinski definition) is 4. The average molecular weight is 290 g/mol. The Morgan fingerprint density at radius 2 is 2.11 bits per heavy atom. The summed E-state index contributed by atoms with van der Waals surface area (Å²) in [6.45, 7) is 3.17. The quantitative estimate of drug-likeness (QED) is 0.685. The van der Waals surface area contributed by atoms with Crippen LogP contribution in [0.1, 0.15) is 25.3 Å². The second-order valence-electron chi connectivity index (χ2n) is 4.44. The van der Waals surface area contributed by atoms with Gasteiger partial charge in [0, 0.05) is 12.2 Å². The van der Waals surface area contributed by atoms with Crippen LogP contribution in [0.2, 0.25) is 0 Å². The van der Waals surface area contributed by atoms with Gasteiger partial charge in [-0.3, -0.25) is 0 Å². The number of halogens is 1. The first kappa shape index (κ1) is 15.9. The summed E-state index contributed by atoms with van der Waals surface area (Å²) in [6, 6.07) is 2.43. The van der Waals surface area contributed by atoms with Crippen molar-refractivity contribution < 1.29 is 17.9 Å². The van der Waals surface area contributed by atoms with Gasteiger partial charge in [0.2, 0.25) is 10.0 Å². The smallest absolute Gasteiger partial charge is 0.243 e. The fraction of sp³-hybridized carbons (Fsp3) is 0.500. The molecular formula is C12H19FN2O3S. The van der Waals surface area contributed by atoms with Gasteiger partial charge in [-0.2, -0.15) is 0 Å². The average Bonchev–Trinajstić information content (AvgIpc) is 2.31. The highest BCUT2D eigenvalue weighted by Gasteiger charge is 2.21. The number of nitrogen functional groups attached to an aromatic ring is 1. The Morgan fingerprint density at radius 3 is 2.68 bits per heavy atom. The molecule has 1 aromatic carbocycles. The van der Waals surface area contributed by atoms with Crippen LogP contribution in [0.5, 0.6) is 0 Å². The minimum absolute atomic E-state index is 0.149. The number of benzene rings is 1. The molecule has 1 atom stereocenters. The topological polar surface area (TPSA) is 92.4 Å². The van der Waals surface area contributed by atoms with Crippen molar-refractivity contribution >= 4 is 15.7 Å². The summed E-state index contributed by atoms with van der Waals surface area (Å²) in [5.74, 6) is -0.827. The van der Waals surface area contributed by atoms with Gasteiger partial charge in [-0.1, -0.05) is 13.3 Å². The molecule has 5 nitrogen and oxygen atoms in total. The highest BCUT2D eigenvalue weighted by molar-refractivity contribution is 7.89. The molecule has 0 fully saturated rings. The summed E-state index contributed by atoms with van der Waals surface area (Å²) in [6.07, 6.45) is 0.417. The van der Waals surface area contributed by atoms with Gasteiger partial charge in [0.05, 0.1) is 6.10 Å². The fourth-order valence-corrected chi connectivity index (χ4v) is 2.93. The standard InChI is InChI=1S/C12H19FN2O3S/c1-3-4-10(16)7-15-19(17,18)11-6-9(14)5-8(2)12(11)13/h5-6,10,15-16H,3-4,7,14H2,1-2H3. The molecule has 0 heterocycles. The maximum atomic E-state index is 13.8. The van der Waals surface area contributed by atoms with Gasteiger partial charge >= 0.3 is 0 Å². The Kier molecular flexibility index (Phi) is 5.28. The molecule has 1 aromatic rings. The number of aliphatic hydroxyl groups excluding tert-OH is 1. The second-order valence-corrected chi connectivity index (χ2v) is 6.18. The van der Waals surface area contributed by atoms with E-state index in [1.54, 1.807) is 0 Å². The van der Waals surface area contributed by atoms with Gasteiger partial charge in [-0.15, -0.1) is 0 Å². The zero-order chi connectivity index (χ0) is 14.6. The van der Waals surface area contributed by atoms with Gasteiger partial charge in [-0.25, -0.2) is 17.5 Å². The molecule has 19 heavy (non-hydrogen) atoms. The first-order valence-corrected chi connectivity index (χ1v) is 7.49. The third kappa shape index (κ3) is 4.15. The van der Waals surface area contributed by atoms with E-state index in [-0.39, 0.29) is 17.8 Å². The molecule has 0 radical (unpaired) electrons. The molecule has 0 amide bonds. The van der Waals surface area contributed by atoms with Crippen molar-refractivity contribution in [3.05, 3.63) is 23.5 Å². The lowest BCUT2D eigenvalue weighted by Gasteiger charge is -2.13. The van der Waals surface area contributed by atoms with E-state index < -0.39 is 26.8 Å². The Hall–Kier alpha value is -1.18. The minimum Gasteiger partial charge on any atom is -0.399 e. The van der Waals surface area contributed by atoms with Gasteiger partial charge in [0.1, 0.15) is 10.7 Å². The Bertz CT molecular complexity index is 546. The van der Waals surface area contributed by atoms with Crippen LogP contribution >= 0.6 is 0 Å². The van der Waals surface area contributed by atoms with Crippen LogP contribution in [0.3, 0.4) is 0 Å². The molecule has 0 aliphatic carbocycles. The molecule has 0 aliphatic rings. The SMILES string of the molecule is CCCC(O)CNS(=O)(=O)c1cc(N)cc(C)c1F. The number of rotatable bonds is 6. The minimum atomic E-state index is -4.01. The molecule has 0 aliphatic heterocycles. The summed E-state index contributed by atoms with van der Waals surface area (Å²) in [5, 5.41) is 9.49. The number of nitrogens with one attached hydrogen (secondary N) is 1. The number of nitrogens with two attached hydrogens (primary N) is 1. The largest absolute Gasteiger partial charge is 0.399 e. The Morgan fingerprint density at radius 1 is 1.47 bits per heavy atom. The summed E-state index contributed by atoms with van der Waals surface area (Å²) < 4.78 is 39.9. The molecule has 0 aromatic heterocycles. The Labute approximate surface area is 112 Å². The maximum absolute atomic E-state index is 13.8. The normalized spacial score (nSPS) is 13.5. The highest BCUT2D eigenvalue weighted by atomic mass is 32.2. The van der Waals surface area contributed by atoms with Crippen molar-refractivity contribution in [1.82, 2.24) is 4.72 Å². The zero-order valence-electron chi connectivity index (χ0n) is 11.0. The van der Waals surface area contributed by atoms with Crippen LogP contribution in [0, 0.1) is 12.7 Å². The van der Waals surface area contributed by atoms with Crippen molar-refractivity contribution in [2.24, 2.45) is 0 Å². The van der Waals surface area contributed by atoms with Gasteiger partial charge in [0.25, 0.3) is 0 Å². The van der Waals surface area contributed by atoms with E-state index in [4.69, 9.17) is 5.73 Å². The predicted molar refractivity (Wildman–Crippen MR) is 71.7 cm³/mol. The van der Waals surface area contributed by atoms with Crippen molar-refractivity contribution in [2.45, 2.75) is 37.7 Å². The van der Waals surface area contributed by atoms with Crippen LogP contribution in [-0.2, 0) is 10.0 Å². The molecule has 1 unspecified atom stereocenters. The fourth-order valence-electron chi connectivity index (χ4n) is 1.68. The van der Waals surface area contributed by atoms with E-state index in [0.717, 1.165) is 12.5 Å². The van der Waals surface area contributed by atoms with Crippen molar-refractivity contribution in [2.75, 3.05) is 12.3 Å². The lowest BCUT2D eigenvalue weighted by atomic mass is 10.2. The van der Waals surface area contributed by atoms with Crippen LogP contribution < -0.4 is 10.5 Å². The van der Waals surface area contributed by atoms with Crippen LogP contribution in [0.4, 0.5) is 10.1 Å². The van der Waals surface area contributed by atoms with Crippen molar-refractivity contribution in [3.63, 3.8) is 0 Å². The number of hydrogen-bond donors (Lipinski definition) is 3. The van der Waals surface area contributed by atoms with E-state index in [9.17, 15) is 17.9 Å². The van der Waals surface area contributed by atoms with E-state index in [0.29, 0.717) is 6.42 Å². The summed E-state index contributed by atoms with van der Waals surface area (Å²) in [7, 11) is -4.01. The molecule has 108 valence electrons. The zero-order valence-corrected chi connectivity index (χ0v) is 11.8. The van der Waals surface area contributed by atoms with Crippen LogP contribution in [-0.4, -0.2) is 26.2 Å². The number of aryl methyl sites for hydroxylation is 1. The lowest BCUT2D eigenvalue weighted by Crippen LogP contribution is -2.32. The second kappa shape index (κ2) is 6.31. The van der Waals surface area contributed by atoms with E-state index >= 15 is 0 Å².